The van der Waals surface area contributed by atoms with Gasteiger partial charge in [-0.25, -0.2) is 8.78 Å². The van der Waals surface area contributed by atoms with Gasteiger partial charge in [-0.05, 0) is 37.1 Å². The molecule has 3 heterocycles. The zero-order valence-corrected chi connectivity index (χ0v) is 17.6. The van der Waals surface area contributed by atoms with Crippen molar-refractivity contribution < 1.29 is 22.8 Å². The van der Waals surface area contributed by atoms with Crippen molar-refractivity contribution in [3.05, 3.63) is 58.2 Å². The number of nitrogens with zero attached hydrogens (tertiary/aromatic N) is 1. The molecule has 2 aliphatic carbocycles. The molecule has 1 fully saturated rings. The van der Waals surface area contributed by atoms with Gasteiger partial charge in [-0.2, -0.15) is 0 Å². The van der Waals surface area contributed by atoms with Gasteiger partial charge in [-0.3, -0.25) is 14.9 Å². The van der Waals surface area contributed by atoms with Crippen LogP contribution in [0.4, 0.5) is 8.78 Å². The molecule has 0 spiro atoms. The summed E-state index contributed by atoms with van der Waals surface area (Å²) < 4.78 is 36.0. The Bertz CT molecular complexity index is 1590. The Kier molecular flexibility index (Phi) is 4.21. The second-order valence-corrected chi connectivity index (χ2v) is 8.64. The molecule has 5 nitrogen and oxygen atoms in total. The first-order valence-electron chi connectivity index (χ1n) is 10.7. The predicted octanol–water partition coefficient (Wildman–Crippen LogP) is 2.42. The van der Waals surface area contributed by atoms with Gasteiger partial charge in [0, 0.05) is 46.2 Å². The van der Waals surface area contributed by atoms with Crippen molar-refractivity contribution in [2.24, 2.45) is 18.9 Å². The number of halogens is 2. The van der Waals surface area contributed by atoms with E-state index in [4.69, 9.17) is 4.42 Å². The van der Waals surface area contributed by atoms with Crippen LogP contribution in [-0.4, -0.2) is 22.6 Å². The molecule has 33 heavy (non-hydrogen) atoms. The third-order valence-electron chi connectivity index (χ3n) is 6.31. The average molecular weight is 444 g/mol. The van der Waals surface area contributed by atoms with E-state index >= 15 is 0 Å². The first-order valence-corrected chi connectivity index (χ1v) is 10.7. The van der Waals surface area contributed by atoms with Crippen molar-refractivity contribution in [2.45, 2.75) is 19.0 Å². The lowest BCUT2D eigenvalue weighted by Gasteiger charge is -2.12. The number of amides is 2. The molecule has 0 bridgehead atoms. The van der Waals surface area contributed by atoms with E-state index in [0.717, 1.165) is 12.8 Å². The summed E-state index contributed by atoms with van der Waals surface area (Å²) in [6, 6.07) is 4.01. The second-order valence-electron chi connectivity index (χ2n) is 8.64. The monoisotopic (exact) mass is 444 g/mol. The summed E-state index contributed by atoms with van der Waals surface area (Å²) in [5.74, 6) is 4.21. The number of benzene rings is 1. The number of carbonyl (C=O) groups excluding carboxylic acids is 2. The highest BCUT2D eigenvalue weighted by Crippen LogP contribution is 2.35. The van der Waals surface area contributed by atoms with Crippen molar-refractivity contribution in [2.75, 3.05) is 0 Å². The largest absolute Gasteiger partial charge is 0.464 e. The number of alkyl halides is 1. The molecule has 3 aliphatic rings. The quantitative estimate of drug-likeness (QED) is 0.488. The Morgan fingerprint density at radius 2 is 1.85 bits per heavy atom. The van der Waals surface area contributed by atoms with E-state index in [1.165, 1.54) is 30.5 Å². The molecule has 7 heteroatoms. The maximum absolute atomic E-state index is 14.8. The summed E-state index contributed by atoms with van der Waals surface area (Å²) in [6.45, 7) is 0. The van der Waals surface area contributed by atoms with E-state index in [-0.39, 0.29) is 11.1 Å². The zero-order valence-electron chi connectivity index (χ0n) is 17.6. The van der Waals surface area contributed by atoms with E-state index in [2.05, 4.69) is 17.2 Å². The lowest BCUT2D eigenvalue weighted by atomic mass is 9.92. The molecule has 0 radical (unpaired) electrons. The summed E-state index contributed by atoms with van der Waals surface area (Å²) >= 11 is 0. The number of rotatable bonds is 2. The third-order valence-corrected chi connectivity index (χ3v) is 6.31. The van der Waals surface area contributed by atoms with Crippen LogP contribution in [0.25, 0.3) is 34.3 Å². The highest BCUT2D eigenvalue weighted by Gasteiger charge is 2.36. The molecule has 0 saturated heterocycles. The van der Waals surface area contributed by atoms with Crippen molar-refractivity contribution in [3.8, 4) is 11.8 Å². The molecule has 1 aromatic carbocycles. The summed E-state index contributed by atoms with van der Waals surface area (Å²) in [7, 11) is 1.76. The van der Waals surface area contributed by atoms with E-state index in [1.54, 1.807) is 23.9 Å². The topological polar surface area (TPSA) is 64.2 Å². The average Bonchev–Trinajstić information content (AvgIpc) is 3.35. The minimum Gasteiger partial charge on any atom is -0.464 e. The van der Waals surface area contributed by atoms with Crippen LogP contribution in [0.2, 0.25) is 0 Å². The van der Waals surface area contributed by atoms with Gasteiger partial charge in [0.25, 0.3) is 11.8 Å². The lowest BCUT2D eigenvalue weighted by molar-refractivity contribution is -0.122. The van der Waals surface area contributed by atoms with E-state index in [0.29, 0.717) is 38.6 Å². The molecule has 1 aliphatic heterocycles. The number of aryl methyl sites for hydroxylation is 1. The Hall–Kier alpha value is -3.92. The van der Waals surface area contributed by atoms with Gasteiger partial charge >= 0.3 is 0 Å². The van der Waals surface area contributed by atoms with E-state index in [1.807, 2.05) is 0 Å². The van der Waals surface area contributed by atoms with Crippen LogP contribution in [0.1, 0.15) is 24.0 Å². The lowest BCUT2D eigenvalue weighted by Crippen LogP contribution is -2.37. The van der Waals surface area contributed by atoms with Crippen LogP contribution in [0.5, 0.6) is 0 Å². The van der Waals surface area contributed by atoms with Crippen molar-refractivity contribution in [1.82, 2.24) is 9.88 Å². The SMILES string of the molecule is Cn1cc(C2=C(c3coc4ccc(F)cc34)C(=O)NC2=O)c2c1=CC(F)C(C#CC1CC1)C=2. The summed E-state index contributed by atoms with van der Waals surface area (Å²) in [6.07, 6.45) is 7.11. The highest BCUT2D eigenvalue weighted by atomic mass is 19.1. The Labute approximate surface area is 187 Å². The van der Waals surface area contributed by atoms with Crippen LogP contribution >= 0.6 is 0 Å². The van der Waals surface area contributed by atoms with Crippen LogP contribution in [-0.2, 0) is 16.6 Å². The molecule has 2 atom stereocenters. The maximum atomic E-state index is 14.8. The molecule has 2 aromatic heterocycles. The Morgan fingerprint density at radius 1 is 1.09 bits per heavy atom. The van der Waals surface area contributed by atoms with Gasteiger partial charge < -0.3 is 8.98 Å². The Balaban J connectivity index is 1.60. The van der Waals surface area contributed by atoms with Crippen molar-refractivity contribution in [1.29, 1.82) is 0 Å². The van der Waals surface area contributed by atoms with Crippen molar-refractivity contribution >= 4 is 46.1 Å². The maximum Gasteiger partial charge on any atom is 0.259 e. The van der Waals surface area contributed by atoms with Gasteiger partial charge in [0.1, 0.15) is 17.6 Å². The standard InChI is InChI=1S/C26H18F2N2O3/c1-30-11-18(16-8-14(5-4-13-2-3-13)20(28)10-21(16)30)23-24(26(32)29-25(23)31)19-12-33-22-7-6-15(27)9-17(19)22/h6-14,20H,2-3H2,1H3,(H,29,31,32). The molecule has 2 amide bonds. The number of aromatic nitrogens is 1. The number of fused-ring (bicyclic) bond motifs is 2. The molecule has 3 aromatic rings. The zero-order chi connectivity index (χ0) is 22.9. The number of hydrogen-bond acceptors (Lipinski definition) is 3. The van der Waals surface area contributed by atoms with Gasteiger partial charge in [-0.1, -0.05) is 17.9 Å². The van der Waals surface area contributed by atoms with Gasteiger partial charge in [-0.15, -0.1) is 0 Å². The number of nitrogens with one attached hydrogen (secondary N) is 1. The number of hydrogen-bond donors (Lipinski definition) is 1. The second kappa shape index (κ2) is 7.04. The molecular weight excluding hydrogens is 426 g/mol. The van der Waals surface area contributed by atoms with Crippen LogP contribution in [0.15, 0.2) is 35.1 Å². The van der Waals surface area contributed by atoms with Gasteiger partial charge in [0.2, 0.25) is 0 Å². The third kappa shape index (κ3) is 3.13. The fourth-order valence-electron chi connectivity index (χ4n) is 4.50. The van der Waals surface area contributed by atoms with Gasteiger partial charge in [0.05, 0.1) is 23.3 Å². The first kappa shape index (κ1) is 19.7. The molecule has 6 rings (SSSR count). The highest BCUT2D eigenvalue weighted by molar-refractivity contribution is 6.50. The number of carbonyl (C=O) groups is 2. The van der Waals surface area contributed by atoms with Crippen LogP contribution in [0, 0.1) is 29.5 Å². The normalized spacial score (nSPS) is 21.9. The van der Waals surface area contributed by atoms with Crippen molar-refractivity contribution in [3.63, 3.8) is 0 Å². The van der Waals surface area contributed by atoms with E-state index in [9.17, 15) is 18.4 Å². The fourth-order valence-corrected chi connectivity index (χ4v) is 4.50. The summed E-state index contributed by atoms with van der Waals surface area (Å²) in [4.78, 5) is 25.8. The molecule has 2 unspecified atom stereocenters. The first-order chi connectivity index (χ1) is 15.9. The molecular formula is C26H18F2N2O3. The minimum absolute atomic E-state index is 0.106. The van der Waals surface area contributed by atoms with Crippen LogP contribution in [0.3, 0.4) is 0 Å². The fraction of sp³-hybridized carbons (Fsp3) is 0.231. The smallest absolute Gasteiger partial charge is 0.259 e. The number of furan rings is 1. The summed E-state index contributed by atoms with van der Waals surface area (Å²) in [5.41, 5.74) is 1.48. The Morgan fingerprint density at radius 3 is 2.61 bits per heavy atom. The number of imide groups is 1. The molecule has 164 valence electrons. The minimum atomic E-state index is -1.27. The summed E-state index contributed by atoms with van der Waals surface area (Å²) in [5, 5.41) is 4.00. The predicted molar refractivity (Wildman–Crippen MR) is 119 cm³/mol. The molecule has 1 N–H and O–H groups in total. The van der Waals surface area contributed by atoms with E-state index < -0.39 is 29.7 Å². The van der Waals surface area contributed by atoms with Crippen LogP contribution < -0.4 is 15.9 Å². The van der Waals surface area contributed by atoms with Gasteiger partial charge in [0.15, 0.2) is 0 Å². The molecule has 1 saturated carbocycles.